The summed E-state index contributed by atoms with van der Waals surface area (Å²) in [6.45, 7) is 0. The SMILES string of the molecule is COC(=O)c1cc2ccc(-c3cn([C@@H]4CCC[C@@H]4N)nn3)cc2[nH]1.O=C(O)C(F)(F)F. The molecule has 1 aromatic carbocycles. The molecule has 1 saturated carbocycles. The Morgan fingerprint density at radius 1 is 1.29 bits per heavy atom. The molecule has 31 heavy (non-hydrogen) atoms. The van der Waals surface area contributed by atoms with Crippen molar-refractivity contribution in [2.75, 3.05) is 7.11 Å². The second-order valence-corrected chi connectivity index (χ2v) is 7.03. The van der Waals surface area contributed by atoms with E-state index >= 15 is 0 Å². The number of esters is 1. The Labute approximate surface area is 174 Å². The molecule has 1 aliphatic rings. The first-order valence-electron chi connectivity index (χ1n) is 9.29. The van der Waals surface area contributed by atoms with E-state index in [1.165, 1.54) is 7.11 Å². The molecule has 0 unspecified atom stereocenters. The first kappa shape index (κ1) is 22.3. The summed E-state index contributed by atoms with van der Waals surface area (Å²) in [5.41, 5.74) is 9.18. The number of methoxy groups -OCH3 is 1. The largest absolute Gasteiger partial charge is 0.490 e. The van der Waals surface area contributed by atoms with Crippen molar-refractivity contribution < 1.29 is 32.6 Å². The molecule has 2 aromatic heterocycles. The van der Waals surface area contributed by atoms with E-state index < -0.39 is 12.1 Å². The molecular formula is C19H20F3N5O4. The maximum Gasteiger partial charge on any atom is 0.490 e. The zero-order valence-corrected chi connectivity index (χ0v) is 16.4. The number of nitrogens with two attached hydrogens (primary N) is 1. The Hall–Kier alpha value is -3.41. The summed E-state index contributed by atoms with van der Waals surface area (Å²) in [7, 11) is 1.37. The average molecular weight is 439 g/mol. The molecule has 4 rings (SSSR count). The van der Waals surface area contributed by atoms with Crippen LogP contribution in [0.25, 0.3) is 22.2 Å². The van der Waals surface area contributed by atoms with Gasteiger partial charge in [0.15, 0.2) is 0 Å². The fourth-order valence-corrected chi connectivity index (χ4v) is 3.37. The predicted molar refractivity (Wildman–Crippen MR) is 103 cm³/mol. The second-order valence-electron chi connectivity index (χ2n) is 7.03. The third-order valence-electron chi connectivity index (χ3n) is 4.95. The van der Waals surface area contributed by atoms with Crippen LogP contribution in [0.2, 0.25) is 0 Å². The number of alkyl halides is 3. The van der Waals surface area contributed by atoms with Crippen LogP contribution in [-0.2, 0) is 9.53 Å². The summed E-state index contributed by atoms with van der Waals surface area (Å²) in [6.07, 6.45) is 0.0691. The maximum absolute atomic E-state index is 11.6. The molecule has 12 heteroatoms. The number of hydrogen-bond donors (Lipinski definition) is 3. The van der Waals surface area contributed by atoms with Crippen LogP contribution in [0.15, 0.2) is 30.5 Å². The molecule has 166 valence electrons. The van der Waals surface area contributed by atoms with Crippen molar-refractivity contribution in [1.29, 1.82) is 0 Å². The van der Waals surface area contributed by atoms with Gasteiger partial charge in [-0.05, 0) is 31.4 Å². The number of benzene rings is 1. The fraction of sp³-hybridized carbons (Fsp3) is 0.368. The molecule has 0 radical (unpaired) electrons. The summed E-state index contributed by atoms with van der Waals surface area (Å²) in [5.74, 6) is -3.14. The van der Waals surface area contributed by atoms with Crippen molar-refractivity contribution >= 4 is 22.8 Å². The van der Waals surface area contributed by atoms with Gasteiger partial charge in [-0.3, -0.25) is 0 Å². The van der Waals surface area contributed by atoms with Crippen molar-refractivity contribution in [3.8, 4) is 11.3 Å². The van der Waals surface area contributed by atoms with Crippen LogP contribution >= 0.6 is 0 Å². The van der Waals surface area contributed by atoms with Crippen molar-refractivity contribution in [2.24, 2.45) is 5.73 Å². The first-order valence-corrected chi connectivity index (χ1v) is 9.29. The van der Waals surface area contributed by atoms with Crippen LogP contribution in [-0.4, -0.2) is 56.4 Å². The van der Waals surface area contributed by atoms with Gasteiger partial charge in [0.1, 0.15) is 11.4 Å². The number of nitrogens with one attached hydrogen (secondary N) is 1. The van der Waals surface area contributed by atoms with Gasteiger partial charge >= 0.3 is 18.1 Å². The van der Waals surface area contributed by atoms with Gasteiger partial charge in [0.05, 0.1) is 19.3 Å². The predicted octanol–water partition coefficient (Wildman–Crippen LogP) is 2.90. The van der Waals surface area contributed by atoms with Gasteiger partial charge < -0.3 is 20.6 Å². The number of carbonyl (C=O) groups excluding carboxylic acids is 1. The third-order valence-corrected chi connectivity index (χ3v) is 4.95. The summed E-state index contributed by atoms with van der Waals surface area (Å²) >= 11 is 0. The number of ether oxygens (including phenoxy) is 1. The minimum atomic E-state index is -5.08. The number of aromatic nitrogens is 4. The molecular weight excluding hydrogens is 419 g/mol. The number of halogens is 3. The molecule has 9 nitrogen and oxygen atoms in total. The number of carbonyl (C=O) groups is 2. The van der Waals surface area contributed by atoms with E-state index in [4.69, 9.17) is 20.4 Å². The minimum absolute atomic E-state index is 0.146. The van der Waals surface area contributed by atoms with E-state index in [1.54, 1.807) is 6.07 Å². The van der Waals surface area contributed by atoms with E-state index in [-0.39, 0.29) is 18.1 Å². The lowest BCUT2D eigenvalue weighted by molar-refractivity contribution is -0.192. The Kier molecular flexibility index (Phi) is 6.29. The van der Waals surface area contributed by atoms with Crippen LogP contribution < -0.4 is 5.73 Å². The molecule has 0 amide bonds. The van der Waals surface area contributed by atoms with Crippen LogP contribution in [0, 0.1) is 0 Å². The van der Waals surface area contributed by atoms with Crippen LogP contribution in [0.4, 0.5) is 13.2 Å². The number of carboxylic acids is 1. The van der Waals surface area contributed by atoms with Gasteiger partial charge in [-0.2, -0.15) is 13.2 Å². The molecule has 0 bridgehead atoms. The summed E-state index contributed by atoms with van der Waals surface area (Å²) in [4.78, 5) is 23.6. The van der Waals surface area contributed by atoms with Crippen molar-refractivity contribution in [2.45, 2.75) is 37.5 Å². The number of carboxylic acid groups (broad SMARTS) is 1. The highest BCUT2D eigenvalue weighted by Crippen LogP contribution is 2.30. The lowest BCUT2D eigenvalue weighted by Gasteiger charge is -2.14. The average Bonchev–Trinajstić information content (AvgIpc) is 3.45. The molecule has 0 spiro atoms. The lowest BCUT2D eigenvalue weighted by atomic mass is 10.1. The van der Waals surface area contributed by atoms with E-state index in [0.717, 1.165) is 41.4 Å². The zero-order chi connectivity index (χ0) is 22.8. The number of nitrogens with zero attached hydrogens (tertiary/aromatic N) is 3. The van der Waals surface area contributed by atoms with E-state index in [1.807, 2.05) is 29.1 Å². The summed E-state index contributed by atoms with van der Waals surface area (Å²) in [5, 5.41) is 16.6. The Morgan fingerprint density at radius 2 is 2.00 bits per heavy atom. The topological polar surface area (TPSA) is 136 Å². The Morgan fingerprint density at radius 3 is 2.58 bits per heavy atom. The van der Waals surface area contributed by atoms with Gasteiger partial charge in [-0.25, -0.2) is 14.3 Å². The number of H-pyrrole nitrogens is 1. The van der Waals surface area contributed by atoms with Gasteiger partial charge in [-0.1, -0.05) is 17.3 Å². The van der Waals surface area contributed by atoms with E-state index in [9.17, 15) is 18.0 Å². The molecule has 2 heterocycles. The fourth-order valence-electron chi connectivity index (χ4n) is 3.37. The number of aromatic amines is 1. The molecule has 3 aromatic rings. The lowest BCUT2D eigenvalue weighted by Crippen LogP contribution is -2.27. The summed E-state index contributed by atoms with van der Waals surface area (Å²) in [6, 6.07) is 8.04. The van der Waals surface area contributed by atoms with Crippen LogP contribution in [0.3, 0.4) is 0 Å². The number of hydrogen-bond acceptors (Lipinski definition) is 6. The molecule has 1 fully saturated rings. The third kappa shape index (κ3) is 5.02. The number of aliphatic carboxylic acids is 1. The zero-order valence-electron chi connectivity index (χ0n) is 16.4. The smallest absolute Gasteiger partial charge is 0.475 e. The summed E-state index contributed by atoms with van der Waals surface area (Å²) < 4.78 is 38.4. The molecule has 2 atom stereocenters. The Bertz CT molecular complexity index is 1090. The highest BCUT2D eigenvalue weighted by molar-refractivity contribution is 5.95. The van der Waals surface area contributed by atoms with Crippen molar-refractivity contribution in [3.05, 3.63) is 36.2 Å². The second kappa shape index (κ2) is 8.76. The molecule has 0 aliphatic heterocycles. The highest BCUT2D eigenvalue weighted by Gasteiger charge is 2.38. The standard InChI is InChI=1S/C17H19N5O2.C2HF3O2/c1-24-17(23)14-8-10-5-6-11(7-13(10)19-14)15-9-22(21-20-15)16-4-2-3-12(16)18;3-2(4,5)1(6)7/h5-9,12,16,19H,2-4,18H2,1H3;(H,6,7)/t12-,16+;/m0./s1. The maximum atomic E-state index is 11.6. The first-order chi connectivity index (χ1) is 14.6. The van der Waals surface area contributed by atoms with Gasteiger partial charge in [0, 0.05) is 22.5 Å². The van der Waals surface area contributed by atoms with Crippen molar-refractivity contribution in [3.63, 3.8) is 0 Å². The van der Waals surface area contributed by atoms with Gasteiger partial charge in [0.2, 0.25) is 0 Å². The van der Waals surface area contributed by atoms with Crippen LogP contribution in [0.5, 0.6) is 0 Å². The van der Waals surface area contributed by atoms with E-state index in [0.29, 0.717) is 5.69 Å². The molecule has 4 N–H and O–H groups in total. The monoisotopic (exact) mass is 439 g/mol. The molecule has 1 aliphatic carbocycles. The van der Waals surface area contributed by atoms with E-state index in [2.05, 4.69) is 15.3 Å². The Balaban J connectivity index is 0.000000339. The molecule has 0 saturated heterocycles. The minimum Gasteiger partial charge on any atom is -0.475 e. The van der Waals surface area contributed by atoms with Crippen molar-refractivity contribution in [1.82, 2.24) is 20.0 Å². The normalized spacial score (nSPS) is 18.5. The van der Waals surface area contributed by atoms with Gasteiger partial charge in [0.25, 0.3) is 0 Å². The highest BCUT2D eigenvalue weighted by atomic mass is 19.4. The van der Waals surface area contributed by atoms with Gasteiger partial charge in [-0.15, -0.1) is 5.10 Å². The van der Waals surface area contributed by atoms with Crippen LogP contribution in [0.1, 0.15) is 35.8 Å². The quantitative estimate of drug-likeness (QED) is 0.534. The number of fused-ring (bicyclic) bond motifs is 1. The number of rotatable bonds is 3.